The Kier molecular flexibility index (Phi) is 4.52. The Balaban J connectivity index is 5.14. The summed E-state index contributed by atoms with van der Waals surface area (Å²) < 4.78 is 110. The zero-order valence-electron chi connectivity index (χ0n) is 7.14. The summed E-state index contributed by atoms with van der Waals surface area (Å²) in [5.74, 6) is 0. The van der Waals surface area contributed by atoms with Gasteiger partial charge >= 0.3 is 22.7 Å². The van der Waals surface area contributed by atoms with Gasteiger partial charge in [-0.3, -0.25) is 0 Å². The molecule has 12 heteroatoms. The van der Waals surface area contributed by atoms with Crippen molar-refractivity contribution in [3.63, 3.8) is 0 Å². The lowest BCUT2D eigenvalue weighted by molar-refractivity contribution is -0.437. The molecule has 0 aliphatic heterocycles. The van der Waals surface area contributed by atoms with Crippen molar-refractivity contribution >= 4 is 23.2 Å². The Morgan fingerprint density at radius 2 is 1.12 bits per heavy atom. The van der Waals surface area contributed by atoms with Crippen LogP contribution in [0.1, 0.15) is 0 Å². The molecule has 0 aliphatic carbocycles. The summed E-state index contributed by atoms with van der Waals surface area (Å²) in [6.07, 6.45) is -16.9. The molecule has 0 radical (unpaired) electrons. The lowest BCUT2D eigenvalue weighted by Gasteiger charge is -2.31. The molecule has 0 rings (SSSR count). The molecule has 0 aromatic heterocycles. The number of halogens is 11. The fourth-order valence-electron chi connectivity index (χ4n) is 0.414. The topological polar surface area (TPSA) is 9.23 Å². The average Bonchev–Trinajstić information content (AvgIpc) is 1.98. The van der Waals surface area contributed by atoms with Gasteiger partial charge < -0.3 is 0 Å². The van der Waals surface area contributed by atoms with Crippen LogP contribution in [0.3, 0.4) is 0 Å². The Labute approximate surface area is 97.4 Å². The zero-order chi connectivity index (χ0) is 14.3. The normalized spacial score (nSPS) is 18.4. The number of ether oxygens (including phenoxy) is 1. The first-order chi connectivity index (χ1) is 7.15. The second kappa shape index (κ2) is 4.54. The highest BCUT2D eigenvalue weighted by Gasteiger charge is 2.70. The van der Waals surface area contributed by atoms with E-state index in [1.807, 2.05) is 4.74 Å². The van der Waals surface area contributed by atoms with Gasteiger partial charge in [-0.1, -0.05) is 11.6 Å². The molecule has 1 unspecified atom stereocenters. The standard InChI is InChI=1S/C5HCl2F9O/c6-2(10,1(8)9)4(13,14)17-5(15,16)3(7,11)12/h1H. The van der Waals surface area contributed by atoms with E-state index >= 15 is 0 Å². The minimum atomic E-state index is -6.11. The molecule has 0 heterocycles. The maximum absolute atomic E-state index is 12.4. The van der Waals surface area contributed by atoms with Crippen molar-refractivity contribution in [1.29, 1.82) is 0 Å². The highest BCUT2D eigenvalue weighted by atomic mass is 35.5. The summed E-state index contributed by atoms with van der Waals surface area (Å²) >= 11 is 7.57. The largest absolute Gasteiger partial charge is 0.439 e. The van der Waals surface area contributed by atoms with Gasteiger partial charge in [0.2, 0.25) is 0 Å². The Hall–Kier alpha value is -0.0900. The molecule has 0 spiro atoms. The molecular weight excluding hydrogens is 318 g/mol. The first-order valence-corrected chi connectivity index (χ1v) is 4.09. The van der Waals surface area contributed by atoms with Gasteiger partial charge in [-0.15, -0.1) is 0 Å². The highest BCUT2D eigenvalue weighted by Crippen LogP contribution is 2.48. The van der Waals surface area contributed by atoms with Crippen molar-refractivity contribution in [2.75, 3.05) is 0 Å². The predicted octanol–water partition coefficient (Wildman–Crippen LogP) is 4.19. The molecule has 0 N–H and O–H groups in total. The van der Waals surface area contributed by atoms with Crippen LogP contribution < -0.4 is 0 Å². The number of rotatable bonds is 5. The van der Waals surface area contributed by atoms with Crippen molar-refractivity contribution in [3.8, 4) is 0 Å². The maximum Gasteiger partial charge on any atom is 0.439 e. The molecule has 0 saturated carbocycles. The molecule has 1 atom stereocenters. The van der Waals surface area contributed by atoms with Gasteiger partial charge in [0, 0.05) is 0 Å². The molecular formula is C5HCl2F9O. The van der Waals surface area contributed by atoms with Crippen LogP contribution in [0.25, 0.3) is 0 Å². The van der Waals surface area contributed by atoms with Crippen LogP contribution in [0.2, 0.25) is 0 Å². The van der Waals surface area contributed by atoms with Crippen LogP contribution in [-0.2, 0) is 4.74 Å². The molecule has 0 fully saturated rings. The zero-order valence-corrected chi connectivity index (χ0v) is 8.66. The molecule has 0 saturated heterocycles. The second-order valence-corrected chi connectivity index (χ2v) is 3.58. The molecule has 0 bridgehead atoms. The van der Waals surface area contributed by atoms with Crippen LogP contribution in [0.4, 0.5) is 39.5 Å². The van der Waals surface area contributed by atoms with E-state index in [2.05, 4.69) is 23.2 Å². The first kappa shape index (κ1) is 16.9. The summed E-state index contributed by atoms with van der Waals surface area (Å²) in [4.78, 5) is 0. The summed E-state index contributed by atoms with van der Waals surface area (Å²) in [5, 5.41) is -11.1. The molecule has 104 valence electrons. The van der Waals surface area contributed by atoms with E-state index in [0.29, 0.717) is 0 Å². The monoisotopic (exact) mass is 318 g/mol. The van der Waals surface area contributed by atoms with Gasteiger partial charge in [0.05, 0.1) is 0 Å². The minimum absolute atomic E-state index is 1.98. The van der Waals surface area contributed by atoms with Gasteiger partial charge in [0.1, 0.15) is 0 Å². The summed E-state index contributed by atoms with van der Waals surface area (Å²) in [7, 11) is 0. The molecule has 0 aromatic rings. The van der Waals surface area contributed by atoms with E-state index in [0.717, 1.165) is 0 Å². The van der Waals surface area contributed by atoms with Gasteiger partial charge in [-0.2, -0.15) is 26.3 Å². The quantitative estimate of drug-likeness (QED) is 0.545. The van der Waals surface area contributed by atoms with Crippen LogP contribution in [-0.4, -0.2) is 29.2 Å². The SMILES string of the molecule is FC(F)C(F)(Cl)C(F)(F)OC(F)(F)C(F)(F)Cl. The smallest absolute Gasteiger partial charge is 0.245 e. The minimum Gasteiger partial charge on any atom is -0.245 e. The Morgan fingerprint density at radius 3 is 1.35 bits per heavy atom. The van der Waals surface area contributed by atoms with E-state index in [4.69, 9.17) is 0 Å². The van der Waals surface area contributed by atoms with Crippen molar-refractivity contribution in [2.45, 2.75) is 29.2 Å². The van der Waals surface area contributed by atoms with Gasteiger partial charge in [0.15, 0.2) is 0 Å². The summed E-state index contributed by atoms with van der Waals surface area (Å²) in [6, 6.07) is 0. The molecule has 1 nitrogen and oxygen atoms in total. The van der Waals surface area contributed by atoms with E-state index in [1.54, 1.807) is 0 Å². The number of alkyl halides is 11. The lowest BCUT2D eigenvalue weighted by atomic mass is 10.3. The van der Waals surface area contributed by atoms with E-state index < -0.39 is 29.2 Å². The van der Waals surface area contributed by atoms with Crippen molar-refractivity contribution in [2.24, 2.45) is 0 Å². The van der Waals surface area contributed by atoms with Crippen molar-refractivity contribution in [3.05, 3.63) is 0 Å². The average molecular weight is 319 g/mol. The third-order valence-corrected chi connectivity index (χ3v) is 1.85. The highest BCUT2D eigenvalue weighted by molar-refractivity contribution is 6.23. The number of hydrogen-bond acceptors (Lipinski definition) is 1. The maximum atomic E-state index is 12.4. The Morgan fingerprint density at radius 1 is 0.765 bits per heavy atom. The molecule has 0 aliphatic rings. The van der Waals surface area contributed by atoms with Gasteiger partial charge in [-0.05, 0) is 11.6 Å². The summed E-state index contributed by atoms with van der Waals surface area (Å²) in [5.41, 5.74) is 0. The fourth-order valence-corrected chi connectivity index (χ4v) is 0.491. The van der Waals surface area contributed by atoms with Crippen LogP contribution in [0, 0.1) is 0 Å². The predicted molar refractivity (Wildman–Crippen MR) is 37.5 cm³/mol. The third-order valence-electron chi connectivity index (χ3n) is 1.25. The third kappa shape index (κ3) is 3.44. The number of hydrogen-bond donors (Lipinski definition) is 0. The first-order valence-electron chi connectivity index (χ1n) is 3.33. The van der Waals surface area contributed by atoms with Crippen molar-refractivity contribution < 1.29 is 44.3 Å². The summed E-state index contributed by atoms with van der Waals surface area (Å²) in [6.45, 7) is 0. The van der Waals surface area contributed by atoms with Crippen LogP contribution in [0.5, 0.6) is 0 Å². The van der Waals surface area contributed by atoms with Crippen LogP contribution >= 0.6 is 23.2 Å². The van der Waals surface area contributed by atoms with E-state index in [9.17, 15) is 39.5 Å². The van der Waals surface area contributed by atoms with E-state index in [-0.39, 0.29) is 0 Å². The van der Waals surface area contributed by atoms with Crippen molar-refractivity contribution in [1.82, 2.24) is 0 Å². The molecule has 0 amide bonds. The van der Waals surface area contributed by atoms with E-state index in [1.165, 1.54) is 0 Å². The Bertz CT molecular complexity index is 273. The fraction of sp³-hybridized carbons (Fsp3) is 1.00. The lowest BCUT2D eigenvalue weighted by Crippen LogP contribution is -2.54. The second-order valence-electron chi connectivity index (χ2n) is 2.56. The van der Waals surface area contributed by atoms with Gasteiger partial charge in [0.25, 0.3) is 6.43 Å². The van der Waals surface area contributed by atoms with Gasteiger partial charge in [-0.25, -0.2) is 17.9 Å². The van der Waals surface area contributed by atoms with Crippen LogP contribution in [0.15, 0.2) is 0 Å². The molecule has 0 aromatic carbocycles. The molecule has 17 heavy (non-hydrogen) atoms.